The molecule has 0 fully saturated rings. The zero-order valence-electron chi connectivity index (χ0n) is 15.0. The monoisotopic (exact) mass is 389 g/mol. The summed E-state index contributed by atoms with van der Waals surface area (Å²) in [6.45, 7) is 5.15. The van der Waals surface area contributed by atoms with Crippen molar-refractivity contribution < 1.29 is 18.3 Å². The van der Waals surface area contributed by atoms with E-state index in [1.54, 1.807) is 51.4 Å². The highest BCUT2D eigenvalue weighted by atomic mass is 32.2. The van der Waals surface area contributed by atoms with Crippen LogP contribution in [0.1, 0.15) is 19.4 Å². The number of sulfonamides is 1. The Bertz CT molecular complexity index is 1100. The number of allylic oxidation sites excluding steroid dienone is 3. The largest absolute Gasteiger partial charge is 0.481 e. The van der Waals surface area contributed by atoms with E-state index in [1.807, 2.05) is 0 Å². The zero-order chi connectivity index (χ0) is 19.8. The van der Waals surface area contributed by atoms with Gasteiger partial charge in [-0.2, -0.15) is 9.71 Å². The standard InChI is InChI=1S/C17H19N5O4S/c1-4-8-17(12(3)6-5-7-13(17)14(23)24)21-27(25,26)16-19-15-18-9-11(2)10-22(15)20-16/h4-10,13,21H,1-3H3,(H,23,24). The fourth-order valence-electron chi connectivity index (χ4n) is 3.04. The number of hydrogen-bond donors (Lipinski definition) is 2. The van der Waals surface area contributed by atoms with E-state index >= 15 is 0 Å². The van der Waals surface area contributed by atoms with Gasteiger partial charge < -0.3 is 5.11 Å². The van der Waals surface area contributed by atoms with Gasteiger partial charge in [0, 0.05) is 12.4 Å². The molecular formula is C17H19N5O4S. The second-order valence-corrected chi connectivity index (χ2v) is 7.87. The molecule has 0 bridgehead atoms. The number of carboxylic acids is 1. The van der Waals surface area contributed by atoms with Crippen molar-refractivity contribution >= 4 is 21.8 Å². The summed E-state index contributed by atoms with van der Waals surface area (Å²) in [5.41, 5.74) is -0.136. The number of aromatic nitrogens is 4. The molecule has 0 amide bonds. The molecule has 10 heteroatoms. The first-order valence-electron chi connectivity index (χ1n) is 8.15. The molecular weight excluding hydrogens is 370 g/mol. The number of fused-ring (bicyclic) bond motifs is 1. The van der Waals surface area contributed by atoms with Crippen LogP contribution in [0.5, 0.6) is 0 Å². The highest BCUT2D eigenvalue weighted by molar-refractivity contribution is 7.89. The van der Waals surface area contributed by atoms with Gasteiger partial charge in [0.25, 0.3) is 21.0 Å². The van der Waals surface area contributed by atoms with Crippen molar-refractivity contribution in [2.24, 2.45) is 5.92 Å². The third-order valence-electron chi connectivity index (χ3n) is 4.34. The Morgan fingerprint density at radius 2 is 2.15 bits per heavy atom. The predicted molar refractivity (Wildman–Crippen MR) is 97.4 cm³/mol. The number of nitrogens with one attached hydrogen (secondary N) is 1. The van der Waals surface area contributed by atoms with Crippen LogP contribution in [0.3, 0.4) is 0 Å². The van der Waals surface area contributed by atoms with Gasteiger partial charge in [-0.25, -0.2) is 17.9 Å². The SMILES string of the molecule is CC=CC1(NS(=O)(=O)c2nc3ncc(C)cn3n2)C(C)=CC=CC1C(=O)O. The molecule has 2 aromatic rings. The molecule has 9 nitrogen and oxygen atoms in total. The number of carboxylic acid groups (broad SMARTS) is 1. The lowest BCUT2D eigenvalue weighted by molar-refractivity contribution is -0.141. The van der Waals surface area contributed by atoms with Crippen molar-refractivity contribution in [1.82, 2.24) is 24.3 Å². The van der Waals surface area contributed by atoms with E-state index < -0.39 is 32.6 Å². The van der Waals surface area contributed by atoms with E-state index in [0.29, 0.717) is 5.57 Å². The predicted octanol–water partition coefficient (Wildman–Crippen LogP) is 1.24. The first-order valence-corrected chi connectivity index (χ1v) is 9.63. The van der Waals surface area contributed by atoms with E-state index in [2.05, 4.69) is 19.8 Å². The maximum absolute atomic E-state index is 13.0. The Labute approximate surface area is 156 Å². The molecule has 0 saturated carbocycles. The van der Waals surface area contributed by atoms with Gasteiger partial charge >= 0.3 is 5.97 Å². The fraction of sp³-hybridized carbons (Fsp3) is 0.294. The smallest absolute Gasteiger partial charge is 0.312 e. The number of aryl methyl sites for hydroxylation is 1. The van der Waals surface area contributed by atoms with Crippen molar-refractivity contribution in [3.05, 3.63) is 53.9 Å². The molecule has 27 heavy (non-hydrogen) atoms. The highest BCUT2D eigenvalue weighted by Crippen LogP contribution is 2.34. The van der Waals surface area contributed by atoms with Crippen molar-refractivity contribution in [3.8, 4) is 0 Å². The molecule has 2 atom stereocenters. The first-order chi connectivity index (χ1) is 12.7. The second-order valence-electron chi connectivity index (χ2n) is 6.30. The second kappa shape index (κ2) is 6.71. The van der Waals surface area contributed by atoms with Crippen LogP contribution in [0, 0.1) is 12.8 Å². The Morgan fingerprint density at radius 3 is 2.81 bits per heavy atom. The van der Waals surface area contributed by atoms with E-state index in [1.165, 1.54) is 16.7 Å². The quantitative estimate of drug-likeness (QED) is 0.737. The van der Waals surface area contributed by atoms with Crippen LogP contribution < -0.4 is 4.72 Å². The molecule has 1 aliphatic carbocycles. The first kappa shape index (κ1) is 18.9. The molecule has 0 radical (unpaired) electrons. The van der Waals surface area contributed by atoms with Gasteiger partial charge in [0.1, 0.15) is 5.92 Å². The summed E-state index contributed by atoms with van der Waals surface area (Å²) in [7, 11) is -4.24. The van der Waals surface area contributed by atoms with Crippen molar-refractivity contribution in [2.45, 2.75) is 31.5 Å². The van der Waals surface area contributed by atoms with Gasteiger partial charge in [-0.1, -0.05) is 30.4 Å². The number of rotatable bonds is 5. The average Bonchev–Trinajstić information content (AvgIpc) is 3.01. The van der Waals surface area contributed by atoms with Gasteiger partial charge in [0.2, 0.25) is 0 Å². The summed E-state index contributed by atoms with van der Waals surface area (Å²) in [4.78, 5) is 19.8. The summed E-state index contributed by atoms with van der Waals surface area (Å²) < 4.78 is 29.8. The van der Waals surface area contributed by atoms with Crippen LogP contribution in [-0.4, -0.2) is 44.6 Å². The Kier molecular flexibility index (Phi) is 4.70. The number of carbonyl (C=O) groups is 1. The van der Waals surface area contributed by atoms with Gasteiger partial charge in [-0.3, -0.25) is 4.79 Å². The van der Waals surface area contributed by atoms with Crippen LogP contribution in [0.2, 0.25) is 0 Å². The lowest BCUT2D eigenvalue weighted by Crippen LogP contribution is -2.55. The topological polar surface area (TPSA) is 127 Å². The highest BCUT2D eigenvalue weighted by Gasteiger charge is 2.46. The molecule has 2 unspecified atom stereocenters. The fourth-order valence-corrected chi connectivity index (χ4v) is 4.33. The van der Waals surface area contributed by atoms with Crippen molar-refractivity contribution in [1.29, 1.82) is 0 Å². The third kappa shape index (κ3) is 3.28. The minimum Gasteiger partial charge on any atom is -0.481 e. The van der Waals surface area contributed by atoms with Crippen molar-refractivity contribution in [2.75, 3.05) is 0 Å². The van der Waals surface area contributed by atoms with Crippen LogP contribution in [0.4, 0.5) is 0 Å². The molecule has 142 valence electrons. The number of nitrogens with zero attached hydrogens (tertiary/aromatic N) is 4. The van der Waals surface area contributed by atoms with Gasteiger partial charge in [-0.15, -0.1) is 5.10 Å². The van der Waals surface area contributed by atoms with E-state index in [0.717, 1.165) is 5.56 Å². The normalized spacial score (nSPS) is 23.1. The number of aliphatic carboxylic acids is 1. The van der Waals surface area contributed by atoms with E-state index in [9.17, 15) is 18.3 Å². The van der Waals surface area contributed by atoms with Crippen LogP contribution >= 0.6 is 0 Å². The Hall–Kier alpha value is -2.85. The Balaban J connectivity index is 2.10. The molecule has 0 saturated heterocycles. The Morgan fingerprint density at radius 1 is 1.41 bits per heavy atom. The molecule has 0 spiro atoms. The average molecular weight is 389 g/mol. The van der Waals surface area contributed by atoms with E-state index in [-0.39, 0.29) is 5.78 Å². The summed E-state index contributed by atoms with van der Waals surface area (Å²) in [6.07, 6.45) is 11.0. The maximum Gasteiger partial charge on any atom is 0.312 e. The summed E-state index contributed by atoms with van der Waals surface area (Å²) in [6, 6.07) is 0. The molecule has 3 rings (SSSR count). The number of hydrogen-bond acceptors (Lipinski definition) is 6. The van der Waals surface area contributed by atoms with Gasteiger partial charge in [0.05, 0.1) is 5.54 Å². The zero-order valence-corrected chi connectivity index (χ0v) is 15.8. The molecule has 2 heterocycles. The minimum absolute atomic E-state index is 0.131. The molecule has 2 N–H and O–H groups in total. The van der Waals surface area contributed by atoms with Crippen LogP contribution in [0.25, 0.3) is 5.78 Å². The van der Waals surface area contributed by atoms with Gasteiger partial charge in [-0.05, 0) is 31.9 Å². The summed E-state index contributed by atoms with van der Waals surface area (Å²) >= 11 is 0. The summed E-state index contributed by atoms with van der Waals surface area (Å²) in [5, 5.41) is 13.1. The molecule has 2 aromatic heterocycles. The van der Waals surface area contributed by atoms with Crippen LogP contribution in [-0.2, 0) is 14.8 Å². The van der Waals surface area contributed by atoms with Crippen molar-refractivity contribution in [3.63, 3.8) is 0 Å². The van der Waals surface area contributed by atoms with Gasteiger partial charge in [0.15, 0.2) is 0 Å². The third-order valence-corrected chi connectivity index (χ3v) is 5.60. The lowest BCUT2D eigenvalue weighted by atomic mass is 9.75. The van der Waals surface area contributed by atoms with E-state index in [4.69, 9.17) is 0 Å². The lowest BCUT2D eigenvalue weighted by Gasteiger charge is -2.37. The molecule has 1 aliphatic rings. The maximum atomic E-state index is 13.0. The molecule has 0 aliphatic heterocycles. The van der Waals surface area contributed by atoms with Crippen LogP contribution in [0.15, 0.2) is 53.5 Å². The minimum atomic E-state index is -4.24. The molecule has 0 aromatic carbocycles. The summed E-state index contributed by atoms with van der Waals surface area (Å²) in [5.74, 6) is -2.14.